The minimum atomic E-state index is 0.0936. The monoisotopic (exact) mass is 270 g/mol. The molecule has 0 spiro atoms. The van der Waals surface area contributed by atoms with Gasteiger partial charge in [-0.2, -0.15) is 0 Å². The standard InChI is InChI=1S/C15H14N2OS/c1-11-16-14(10-19-11)8-15(18)17-7-6-12-4-2-3-5-13(12)9-17/h2-7,10H,8-9H2,1H3. The van der Waals surface area contributed by atoms with Gasteiger partial charge >= 0.3 is 0 Å². The van der Waals surface area contributed by atoms with Crippen molar-refractivity contribution in [3.05, 3.63) is 57.7 Å². The Morgan fingerprint density at radius 1 is 1.42 bits per heavy atom. The Labute approximate surface area is 116 Å². The van der Waals surface area contributed by atoms with Crippen molar-refractivity contribution in [2.75, 3.05) is 0 Å². The first-order valence-corrected chi connectivity index (χ1v) is 7.07. The lowest BCUT2D eigenvalue weighted by Crippen LogP contribution is -2.28. The molecule has 3 rings (SSSR count). The molecule has 2 heterocycles. The number of benzene rings is 1. The van der Waals surface area contributed by atoms with E-state index >= 15 is 0 Å². The van der Waals surface area contributed by atoms with Gasteiger partial charge in [-0.05, 0) is 24.1 Å². The van der Waals surface area contributed by atoms with Crippen LogP contribution in [0, 0.1) is 6.92 Å². The van der Waals surface area contributed by atoms with E-state index in [1.165, 1.54) is 11.1 Å². The van der Waals surface area contributed by atoms with Gasteiger partial charge in [0.15, 0.2) is 0 Å². The van der Waals surface area contributed by atoms with Gasteiger partial charge in [-0.3, -0.25) is 4.79 Å². The molecule has 0 aliphatic carbocycles. The van der Waals surface area contributed by atoms with Crippen molar-refractivity contribution < 1.29 is 4.79 Å². The van der Waals surface area contributed by atoms with Gasteiger partial charge < -0.3 is 4.90 Å². The highest BCUT2D eigenvalue weighted by molar-refractivity contribution is 7.09. The highest BCUT2D eigenvalue weighted by Gasteiger charge is 2.17. The predicted molar refractivity (Wildman–Crippen MR) is 76.6 cm³/mol. The SMILES string of the molecule is Cc1nc(CC(=O)N2C=Cc3ccccc3C2)cs1. The molecule has 1 aliphatic rings. The first-order chi connectivity index (χ1) is 9.22. The van der Waals surface area contributed by atoms with E-state index in [4.69, 9.17) is 0 Å². The van der Waals surface area contributed by atoms with E-state index < -0.39 is 0 Å². The third-order valence-corrected chi connectivity index (χ3v) is 3.97. The number of carbonyl (C=O) groups is 1. The lowest BCUT2D eigenvalue weighted by atomic mass is 10.0. The van der Waals surface area contributed by atoms with Crippen LogP contribution in [0.1, 0.15) is 21.8 Å². The molecule has 0 saturated heterocycles. The number of nitrogens with zero attached hydrogens (tertiary/aromatic N) is 2. The Bertz CT molecular complexity index is 645. The molecule has 96 valence electrons. The van der Waals surface area contributed by atoms with Crippen molar-refractivity contribution in [3.8, 4) is 0 Å². The molecule has 0 saturated carbocycles. The molecule has 0 N–H and O–H groups in total. The molecular formula is C15H14N2OS. The van der Waals surface area contributed by atoms with Crippen molar-refractivity contribution in [3.63, 3.8) is 0 Å². The van der Waals surface area contributed by atoms with Gasteiger partial charge in [0.2, 0.25) is 5.91 Å². The van der Waals surface area contributed by atoms with Crippen LogP contribution in [0.15, 0.2) is 35.8 Å². The zero-order valence-corrected chi connectivity index (χ0v) is 11.5. The number of aromatic nitrogens is 1. The third kappa shape index (κ3) is 2.58. The first kappa shape index (κ1) is 12.1. The highest BCUT2D eigenvalue weighted by Crippen LogP contribution is 2.20. The van der Waals surface area contributed by atoms with Crippen molar-refractivity contribution in [1.29, 1.82) is 0 Å². The van der Waals surface area contributed by atoms with Crippen molar-refractivity contribution in [1.82, 2.24) is 9.88 Å². The summed E-state index contributed by atoms with van der Waals surface area (Å²) in [6.45, 7) is 2.60. The lowest BCUT2D eigenvalue weighted by molar-refractivity contribution is -0.128. The second kappa shape index (κ2) is 4.97. The second-order valence-corrected chi connectivity index (χ2v) is 5.63. The van der Waals surface area contributed by atoms with E-state index in [-0.39, 0.29) is 5.91 Å². The fraction of sp³-hybridized carbons (Fsp3) is 0.200. The van der Waals surface area contributed by atoms with Gasteiger partial charge in [-0.25, -0.2) is 4.98 Å². The predicted octanol–water partition coefficient (Wildman–Crippen LogP) is 3.01. The van der Waals surface area contributed by atoms with Crippen LogP contribution in [0.25, 0.3) is 6.08 Å². The largest absolute Gasteiger partial charge is 0.314 e. The average molecular weight is 270 g/mol. The van der Waals surface area contributed by atoms with Crippen LogP contribution >= 0.6 is 11.3 Å². The van der Waals surface area contributed by atoms with Crippen LogP contribution in [-0.2, 0) is 17.8 Å². The number of fused-ring (bicyclic) bond motifs is 1. The molecule has 0 atom stereocenters. The van der Waals surface area contributed by atoms with Crippen LogP contribution in [-0.4, -0.2) is 15.8 Å². The van der Waals surface area contributed by atoms with Crippen molar-refractivity contribution in [2.45, 2.75) is 19.9 Å². The van der Waals surface area contributed by atoms with E-state index in [0.29, 0.717) is 13.0 Å². The molecule has 0 bridgehead atoms. The minimum absolute atomic E-state index is 0.0936. The highest BCUT2D eigenvalue weighted by atomic mass is 32.1. The summed E-state index contributed by atoms with van der Waals surface area (Å²) in [4.78, 5) is 18.3. The number of amides is 1. The molecule has 1 aromatic carbocycles. The Balaban J connectivity index is 1.73. The fourth-order valence-corrected chi connectivity index (χ4v) is 2.78. The summed E-state index contributed by atoms with van der Waals surface area (Å²) >= 11 is 1.58. The second-order valence-electron chi connectivity index (χ2n) is 4.57. The molecule has 1 amide bonds. The molecule has 2 aromatic rings. The number of thiazole rings is 1. The maximum absolute atomic E-state index is 12.2. The normalized spacial score (nSPS) is 13.4. The summed E-state index contributed by atoms with van der Waals surface area (Å²) in [5, 5.41) is 2.96. The first-order valence-electron chi connectivity index (χ1n) is 6.19. The van der Waals surface area contributed by atoms with E-state index in [1.54, 1.807) is 16.2 Å². The number of hydrogen-bond donors (Lipinski definition) is 0. The molecule has 1 aromatic heterocycles. The Morgan fingerprint density at radius 2 is 2.26 bits per heavy atom. The number of rotatable bonds is 2. The Morgan fingerprint density at radius 3 is 3.05 bits per heavy atom. The quantitative estimate of drug-likeness (QED) is 0.840. The van der Waals surface area contributed by atoms with E-state index in [1.807, 2.05) is 36.7 Å². The fourth-order valence-electron chi connectivity index (χ4n) is 2.16. The van der Waals surface area contributed by atoms with Crippen LogP contribution in [0.5, 0.6) is 0 Å². The average Bonchev–Trinajstić information content (AvgIpc) is 2.83. The molecule has 1 aliphatic heterocycles. The van der Waals surface area contributed by atoms with Gasteiger partial charge in [-0.1, -0.05) is 24.3 Å². The van der Waals surface area contributed by atoms with E-state index in [9.17, 15) is 4.79 Å². The molecule has 0 fully saturated rings. The van der Waals surface area contributed by atoms with Gasteiger partial charge in [0.1, 0.15) is 0 Å². The summed E-state index contributed by atoms with van der Waals surface area (Å²) in [5.74, 6) is 0.0936. The van der Waals surface area contributed by atoms with Crippen LogP contribution in [0.3, 0.4) is 0 Å². The third-order valence-electron chi connectivity index (χ3n) is 3.15. The van der Waals surface area contributed by atoms with Gasteiger partial charge in [0.25, 0.3) is 0 Å². The summed E-state index contributed by atoms with van der Waals surface area (Å²) in [6, 6.07) is 8.15. The summed E-state index contributed by atoms with van der Waals surface area (Å²) in [7, 11) is 0. The van der Waals surface area contributed by atoms with Crippen LogP contribution in [0.4, 0.5) is 0 Å². The molecular weight excluding hydrogens is 256 g/mol. The van der Waals surface area contributed by atoms with Gasteiger partial charge in [0.05, 0.1) is 23.7 Å². The van der Waals surface area contributed by atoms with Crippen LogP contribution < -0.4 is 0 Å². The van der Waals surface area contributed by atoms with E-state index in [0.717, 1.165) is 10.7 Å². The molecule has 0 unspecified atom stereocenters. The molecule has 4 heteroatoms. The van der Waals surface area contributed by atoms with Crippen molar-refractivity contribution >= 4 is 23.3 Å². The Kier molecular flexibility index (Phi) is 3.17. The smallest absolute Gasteiger partial charge is 0.232 e. The van der Waals surface area contributed by atoms with E-state index in [2.05, 4.69) is 17.1 Å². The lowest BCUT2D eigenvalue weighted by Gasteiger charge is -2.23. The number of aryl methyl sites for hydroxylation is 1. The maximum atomic E-state index is 12.2. The minimum Gasteiger partial charge on any atom is -0.314 e. The molecule has 0 radical (unpaired) electrons. The zero-order valence-electron chi connectivity index (χ0n) is 10.7. The van der Waals surface area contributed by atoms with Gasteiger partial charge in [-0.15, -0.1) is 11.3 Å². The van der Waals surface area contributed by atoms with Gasteiger partial charge in [0, 0.05) is 11.6 Å². The Hall–Kier alpha value is -1.94. The summed E-state index contributed by atoms with van der Waals surface area (Å²) in [6.07, 6.45) is 4.23. The number of hydrogen-bond acceptors (Lipinski definition) is 3. The summed E-state index contributed by atoms with van der Waals surface area (Å²) in [5.41, 5.74) is 3.24. The maximum Gasteiger partial charge on any atom is 0.232 e. The topological polar surface area (TPSA) is 33.2 Å². The summed E-state index contributed by atoms with van der Waals surface area (Å²) < 4.78 is 0. The van der Waals surface area contributed by atoms with Crippen LogP contribution in [0.2, 0.25) is 0 Å². The van der Waals surface area contributed by atoms with Crippen molar-refractivity contribution in [2.24, 2.45) is 0 Å². The number of carbonyl (C=O) groups excluding carboxylic acids is 1. The zero-order chi connectivity index (χ0) is 13.2. The molecule has 3 nitrogen and oxygen atoms in total. The molecule has 19 heavy (non-hydrogen) atoms.